The molecule has 2 N–H and O–H groups in total. The predicted octanol–water partition coefficient (Wildman–Crippen LogP) is 3.36. The molecule has 2 aliphatic carbocycles. The number of amides is 2. The van der Waals surface area contributed by atoms with Gasteiger partial charge in [-0.25, -0.2) is 0 Å². The molecule has 5 heteroatoms. The van der Waals surface area contributed by atoms with Crippen molar-refractivity contribution in [3.63, 3.8) is 0 Å². The number of anilines is 1. The Morgan fingerprint density at radius 3 is 2.48 bits per heavy atom. The van der Waals surface area contributed by atoms with E-state index >= 15 is 0 Å². The van der Waals surface area contributed by atoms with E-state index in [2.05, 4.69) is 10.6 Å². The molecule has 3 rings (SSSR count). The number of rotatable bonds is 4. The van der Waals surface area contributed by atoms with Crippen LogP contribution in [0.25, 0.3) is 0 Å². The van der Waals surface area contributed by atoms with Crippen molar-refractivity contribution in [1.29, 1.82) is 0 Å². The maximum atomic E-state index is 12.1. The first-order chi connectivity index (χ1) is 10.1. The van der Waals surface area contributed by atoms with E-state index in [4.69, 9.17) is 11.6 Å². The first-order valence-corrected chi connectivity index (χ1v) is 7.92. The van der Waals surface area contributed by atoms with Gasteiger partial charge in [0, 0.05) is 17.6 Å². The van der Waals surface area contributed by atoms with Crippen molar-refractivity contribution >= 4 is 29.1 Å². The van der Waals surface area contributed by atoms with Crippen LogP contribution in [0, 0.1) is 5.92 Å². The maximum absolute atomic E-state index is 12.1. The van der Waals surface area contributed by atoms with Gasteiger partial charge < -0.3 is 10.6 Å². The zero-order chi connectivity index (χ0) is 14.8. The lowest BCUT2D eigenvalue weighted by atomic mass is 10.1. The standard InChI is InChI=1S/C16H19ClN2O2/c17-14-8-7-12(19-15(20)10-3-1-2-4-10)9-13(14)16(21)18-11-5-6-11/h7-11H,1-6H2,(H,18,21)(H,19,20). The van der Waals surface area contributed by atoms with Gasteiger partial charge in [-0.3, -0.25) is 9.59 Å². The van der Waals surface area contributed by atoms with E-state index in [0.29, 0.717) is 16.3 Å². The van der Waals surface area contributed by atoms with Gasteiger partial charge in [0.2, 0.25) is 5.91 Å². The van der Waals surface area contributed by atoms with Crippen molar-refractivity contribution in [2.45, 2.75) is 44.6 Å². The molecule has 2 aliphatic rings. The van der Waals surface area contributed by atoms with Gasteiger partial charge in [-0.1, -0.05) is 24.4 Å². The van der Waals surface area contributed by atoms with Gasteiger partial charge in [-0.15, -0.1) is 0 Å². The van der Waals surface area contributed by atoms with Gasteiger partial charge in [-0.05, 0) is 43.9 Å². The van der Waals surface area contributed by atoms with Crippen LogP contribution in [-0.2, 0) is 4.79 Å². The number of halogens is 1. The van der Waals surface area contributed by atoms with Crippen LogP contribution in [0.4, 0.5) is 5.69 Å². The molecule has 0 aromatic heterocycles. The highest BCUT2D eigenvalue weighted by Crippen LogP contribution is 2.27. The third kappa shape index (κ3) is 3.56. The van der Waals surface area contributed by atoms with Gasteiger partial charge in [0.05, 0.1) is 10.6 Å². The molecule has 112 valence electrons. The smallest absolute Gasteiger partial charge is 0.253 e. The first kappa shape index (κ1) is 14.4. The molecule has 0 heterocycles. The molecule has 0 saturated heterocycles. The summed E-state index contributed by atoms with van der Waals surface area (Å²) in [5.74, 6) is -0.0211. The highest BCUT2D eigenvalue weighted by Gasteiger charge is 2.25. The Bertz CT molecular complexity index is 563. The summed E-state index contributed by atoms with van der Waals surface area (Å²) in [7, 11) is 0. The van der Waals surface area contributed by atoms with Crippen LogP contribution in [0.3, 0.4) is 0 Å². The van der Waals surface area contributed by atoms with E-state index in [9.17, 15) is 9.59 Å². The average molecular weight is 307 g/mol. The Balaban J connectivity index is 1.70. The molecule has 2 fully saturated rings. The van der Waals surface area contributed by atoms with E-state index in [0.717, 1.165) is 38.5 Å². The average Bonchev–Trinajstić information content (AvgIpc) is 3.10. The van der Waals surface area contributed by atoms with Crippen molar-refractivity contribution in [1.82, 2.24) is 5.32 Å². The Labute approximate surface area is 129 Å². The quantitative estimate of drug-likeness (QED) is 0.896. The van der Waals surface area contributed by atoms with E-state index < -0.39 is 0 Å². The molecule has 0 spiro atoms. The fraction of sp³-hybridized carbons (Fsp3) is 0.500. The minimum atomic E-state index is -0.167. The Morgan fingerprint density at radius 2 is 1.81 bits per heavy atom. The Hall–Kier alpha value is -1.55. The number of hydrogen-bond donors (Lipinski definition) is 2. The summed E-state index contributed by atoms with van der Waals surface area (Å²) in [5.41, 5.74) is 1.06. The normalized spacial score (nSPS) is 18.5. The molecule has 2 saturated carbocycles. The number of carbonyl (C=O) groups excluding carboxylic acids is 2. The van der Waals surface area contributed by atoms with Crippen molar-refractivity contribution < 1.29 is 9.59 Å². The lowest BCUT2D eigenvalue weighted by Gasteiger charge is -2.12. The first-order valence-electron chi connectivity index (χ1n) is 7.55. The molecule has 1 aromatic rings. The van der Waals surface area contributed by atoms with Gasteiger partial charge >= 0.3 is 0 Å². The van der Waals surface area contributed by atoms with Crippen molar-refractivity contribution in [3.8, 4) is 0 Å². The molecule has 0 unspecified atom stereocenters. The van der Waals surface area contributed by atoms with Crippen LogP contribution in [0.5, 0.6) is 0 Å². The molecule has 4 nitrogen and oxygen atoms in total. The third-order valence-corrected chi connectivity index (χ3v) is 4.45. The highest BCUT2D eigenvalue weighted by atomic mass is 35.5. The zero-order valence-corrected chi connectivity index (χ0v) is 12.6. The SMILES string of the molecule is O=C(NC1CC1)c1cc(NC(=O)C2CCCC2)ccc1Cl. The van der Waals surface area contributed by atoms with Crippen molar-refractivity contribution in [3.05, 3.63) is 28.8 Å². The molecule has 1 aromatic carbocycles. The number of carbonyl (C=O) groups is 2. The van der Waals surface area contributed by atoms with E-state index in [1.54, 1.807) is 18.2 Å². The molecular formula is C16H19ClN2O2. The van der Waals surface area contributed by atoms with Crippen LogP contribution >= 0.6 is 11.6 Å². The second-order valence-electron chi connectivity index (χ2n) is 5.91. The summed E-state index contributed by atoms with van der Waals surface area (Å²) in [6.07, 6.45) is 6.20. The summed E-state index contributed by atoms with van der Waals surface area (Å²) in [5, 5.41) is 6.22. The summed E-state index contributed by atoms with van der Waals surface area (Å²) in [6.45, 7) is 0. The van der Waals surface area contributed by atoms with Gasteiger partial charge in [0.1, 0.15) is 0 Å². The predicted molar refractivity (Wildman–Crippen MR) is 82.5 cm³/mol. The van der Waals surface area contributed by atoms with Gasteiger partial charge in [0.25, 0.3) is 5.91 Å². The molecule has 0 atom stereocenters. The van der Waals surface area contributed by atoms with Crippen LogP contribution in [-0.4, -0.2) is 17.9 Å². The minimum Gasteiger partial charge on any atom is -0.349 e. The summed E-state index contributed by atoms with van der Waals surface area (Å²) in [4.78, 5) is 24.2. The minimum absolute atomic E-state index is 0.0448. The highest BCUT2D eigenvalue weighted by molar-refractivity contribution is 6.34. The number of nitrogens with one attached hydrogen (secondary N) is 2. The summed E-state index contributed by atoms with van der Waals surface area (Å²) >= 11 is 6.09. The molecule has 0 aliphatic heterocycles. The van der Waals surface area contributed by atoms with Gasteiger partial charge in [-0.2, -0.15) is 0 Å². The summed E-state index contributed by atoms with van der Waals surface area (Å²) in [6, 6.07) is 5.34. The fourth-order valence-electron chi connectivity index (χ4n) is 2.70. The largest absolute Gasteiger partial charge is 0.349 e. The second-order valence-corrected chi connectivity index (χ2v) is 6.32. The third-order valence-electron chi connectivity index (χ3n) is 4.12. The Morgan fingerprint density at radius 1 is 1.10 bits per heavy atom. The van der Waals surface area contributed by atoms with Crippen LogP contribution in [0.1, 0.15) is 48.9 Å². The molecule has 21 heavy (non-hydrogen) atoms. The molecule has 2 amide bonds. The van der Waals surface area contributed by atoms with Crippen LogP contribution < -0.4 is 10.6 Å². The fourth-order valence-corrected chi connectivity index (χ4v) is 2.90. The van der Waals surface area contributed by atoms with Gasteiger partial charge in [0.15, 0.2) is 0 Å². The Kier molecular flexibility index (Phi) is 4.15. The second kappa shape index (κ2) is 6.06. The zero-order valence-electron chi connectivity index (χ0n) is 11.8. The lowest BCUT2D eigenvalue weighted by Crippen LogP contribution is -2.26. The monoisotopic (exact) mass is 306 g/mol. The summed E-state index contributed by atoms with van der Waals surface area (Å²) < 4.78 is 0. The number of hydrogen-bond acceptors (Lipinski definition) is 2. The number of benzene rings is 1. The molecule has 0 radical (unpaired) electrons. The van der Waals surface area contributed by atoms with Crippen molar-refractivity contribution in [2.24, 2.45) is 5.92 Å². The van der Waals surface area contributed by atoms with E-state index in [1.165, 1.54) is 0 Å². The molecular weight excluding hydrogens is 288 g/mol. The lowest BCUT2D eigenvalue weighted by molar-refractivity contribution is -0.119. The van der Waals surface area contributed by atoms with E-state index in [1.807, 2.05) is 0 Å². The van der Waals surface area contributed by atoms with Crippen LogP contribution in [0.15, 0.2) is 18.2 Å². The maximum Gasteiger partial charge on any atom is 0.253 e. The van der Waals surface area contributed by atoms with Crippen molar-refractivity contribution in [2.75, 3.05) is 5.32 Å². The van der Waals surface area contributed by atoms with E-state index in [-0.39, 0.29) is 23.8 Å². The molecule has 0 bridgehead atoms. The van der Waals surface area contributed by atoms with Crippen LogP contribution in [0.2, 0.25) is 5.02 Å². The topological polar surface area (TPSA) is 58.2 Å².